The molecular formula is C26H21N3O4. The van der Waals surface area contributed by atoms with Crippen molar-refractivity contribution in [2.75, 3.05) is 5.32 Å². The van der Waals surface area contributed by atoms with Gasteiger partial charge in [0, 0.05) is 17.2 Å². The van der Waals surface area contributed by atoms with Gasteiger partial charge in [-0.05, 0) is 48.0 Å². The van der Waals surface area contributed by atoms with Gasteiger partial charge in [-0.3, -0.25) is 9.59 Å². The van der Waals surface area contributed by atoms with E-state index in [0.29, 0.717) is 40.8 Å². The summed E-state index contributed by atoms with van der Waals surface area (Å²) >= 11 is 0. The molecule has 7 nitrogen and oxygen atoms in total. The van der Waals surface area contributed by atoms with Crippen LogP contribution >= 0.6 is 0 Å². The summed E-state index contributed by atoms with van der Waals surface area (Å²) in [7, 11) is 0. The monoisotopic (exact) mass is 439 g/mol. The lowest BCUT2D eigenvalue weighted by atomic mass is 10.2. The number of primary amides is 1. The number of carbonyl (C=O) groups excluding carboxylic acids is 2. The fourth-order valence-corrected chi connectivity index (χ4v) is 3.02. The molecule has 0 fully saturated rings. The van der Waals surface area contributed by atoms with Gasteiger partial charge in [-0.1, -0.05) is 42.5 Å². The SMILES string of the molecule is NC(=O)c1cccc(Oc2ccc(NC(=O)c3cccc(OCc4ccccc4)c3)cn2)c1. The first kappa shape index (κ1) is 21.6. The Morgan fingerprint density at radius 2 is 1.55 bits per heavy atom. The van der Waals surface area contributed by atoms with Crippen molar-refractivity contribution in [2.24, 2.45) is 5.73 Å². The van der Waals surface area contributed by atoms with E-state index in [1.54, 1.807) is 54.6 Å². The smallest absolute Gasteiger partial charge is 0.255 e. The van der Waals surface area contributed by atoms with Gasteiger partial charge in [-0.15, -0.1) is 0 Å². The lowest BCUT2D eigenvalue weighted by Crippen LogP contribution is -2.12. The van der Waals surface area contributed by atoms with Gasteiger partial charge in [-0.2, -0.15) is 0 Å². The summed E-state index contributed by atoms with van der Waals surface area (Å²) in [6.45, 7) is 0.416. The molecule has 4 rings (SSSR count). The van der Waals surface area contributed by atoms with Crippen LogP contribution in [0.15, 0.2) is 97.2 Å². The number of carbonyl (C=O) groups is 2. The van der Waals surface area contributed by atoms with Crippen LogP contribution in [-0.4, -0.2) is 16.8 Å². The number of pyridine rings is 1. The van der Waals surface area contributed by atoms with Gasteiger partial charge in [0.05, 0.1) is 11.9 Å². The van der Waals surface area contributed by atoms with Crippen molar-refractivity contribution in [3.8, 4) is 17.4 Å². The van der Waals surface area contributed by atoms with E-state index >= 15 is 0 Å². The van der Waals surface area contributed by atoms with Crippen molar-refractivity contribution in [1.29, 1.82) is 0 Å². The molecule has 0 radical (unpaired) electrons. The average Bonchev–Trinajstić information content (AvgIpc) is 2.85. The second-order valence-corrected chi connectivity index (χ2v) is 7.14. The number of aromatic nitrogens is 1. The third-order valence-corrected chi connectivity index (χ3v) is 4.68. The Labute approximate surface area is 190 Å². The predicted octanol–water partition coefficient (Wildman–Crippen LogP) is 4.80. The van der Waals surface area contributed by atoms with Crippen LogP contribution in [0, 0.1) is 0 Å². The molecule has 0 saturated heterocycles. The highest BCUT2D eigenvalue weighted by atomic mass is 16.5. The zero-order valence-electron chi connectivity index (χ0n) is 17.6. The van der Waals surface area contributed by atoms with Gasteiger partial charge in [0.2, 0.25) is 11.8 Å². The highest BCUT2D eigenvalue weighted by Crippen LogP contribution is 2.22. The number of benzene rings is 3. The van der Waals surface area contributed by atoms with E-state index in [0.717, 1.165) is 5.56 Å². The first-order valence-electron chi connectivity index (χ1n) is 10.2. The van der Waals surface area contributed by atoms with Gasteiger partial charge in [0.15, 0.2) is 0 Å². The number of nitrogens with two attached hydrogens (primary N) is 1. The second kappa shape index (κ2) is 10.1. The normalized spacial score (nSPS) is 10.3. The van der Waals surface area contributed by atoms with Crippen LogP contribution in [0.1, 0.15) is 26.3 Å². The van der Waals surface area contributed by atoms with E-state index in [1.165, 1.54) is 12.3 Å². The van der Waals surface area contributed by atoms with E-state index in [-0.39, 0.29) is 5.91 Å². The Kier molecular flexibility index (Phi) is 6.61. The van der Waals surface area contributed by atoms with Gasteiger partial charge in [0.25, 0.3) is 5.91 Å². The van der Waals surface area contributed by atoms with Gasteiger partial charge in [0.1, 0.15) is 18.1 Å². The number of amides is 2. The van der Waals surface area contributed by atoms with Gasteiger partial charge in [-0.25, -0.2) is 4.98 Å². The summed E-state index contributed by atoms with van der Waals surface area (Å²) in [5, 5.41) is 2.80. The lowest BCUT2D eigenvalue weighted by molar-refractivity contribution is 0.0997. The maximum atomic E-state index is 12.6. The zero-order valence-corrected chi connectivity index (χ0v) is 17.6. The topological polar surface area (TPSA) is 104 Å². The predicted molar refractivity (Wildman–Crippen MR) is 124 cm³/mol. The molecule has 0 aliphatic heterocycles. The molecule has 7 heteroatoms. The summed E-state index contributed by atoms with van der Waals surface area (Å²) in [6, 6.07) is 26.6. The highest BCUT2D eigenvalue weighted by Gasteiger charge is 2.09. The molecular weight excluding hydrogens is 418 g/mol. The maximum Gasteiger partial charge on any atom is 0.255 e. The number of hydrogen-bond acceptors (Lipinski definition) is 5. The Bertz CT molecular complexity index is 1260. The summed E-state index contributed by atoms with van der Waals surface area (Å²) in [5.41, 5.74) is 7.64. The summed E-state index contributed by atoms with van der Waals surface area (Å²) < 4.78 is 11.4. The summed E-state index contributed by atoms with van der Waals surface area (Å²) in [6.07, 6.45) is 1.49. The molecule has 0 unspecified atom stereocenters. The van der Waals surface area contributed by atoms with Crippen molar-refractivity contribution in [3.63, 3.8) is 0 Å². The summed E-state index contributed by atoms with van der Waals surface area (Å²) in [5.74, 6) is 0.520. The van der Waals surface area contributed by atoms with Crippen LogP contribution in [0.5, 0.6) is 17.4 Å². The van der Waals surface area contributed by atoms with E-state index in [9.17, 15) is 9.59 Å². The van der Waals surface area contributed by atoms with Crippen molar-refractivity contribution >= 4 is 17.5 Å². The van der Waals surface area contributed by atoms with Crippen LogP contribution < -0.4 is 20.5 Å². The molecule has 3 N–H and O–H groups in total. The molecule has 33 heavy (non-hydrogen) atoms. The van der Waals surface area contributed by atoms with Crippen LogP contribution in [0.2, 0.25) is 0 Å². The Hall–Kier alpha value is -4.65. The van der Waals surface area contributed by atoms with Crippen LogP contribution in [0.4, 0.5) is 5.69 Å². The lowest BCUT2D eigenvalue weighted by Gasteiger charge is -2.10. The highest BCUT2D eigenvalue weighted by molar-refractivity contribution is 6.04. The van der Waals surface area contributed by atoms with Crippen molar-refractivity contribution in [2.45, 2.75) is 6.61 Å². The number of anilines is 1. The average molecular weight is 439 g/mol. The quantitative estimate of drug-likeness (QED) is 0.410. The number of ether oxygens (including phenoxy) is 2. The molecule has 4 aromatic rings. The molecule has 0 aliphatic carbocycles. The molecule has 1 aromatic heterocycles. The van der Waals surface area contributed by atoms with Crippen molar-refractivity contribution in [3.05, 3.63) is 114 Å². The molecule has 3 aromatic carbocycles. The first-order chi connectivity index (χ1) is 16.1. The van der Waals surface area contributed by atoms with Gasteiger partial charge < -0.3 is 20.5 Å². The van der Waals surface area contributed by atoms with Crippen LogP contribution in [0.3, 0.4) is 0 Å². The minimum atomic E-state index is -0.541. The third kappa shape index (κ3) is 5.95. The van der Waals surface area contributed by atoms with E-state index < -0.39 is 5.91 Å². The van der Waals surface area contributed by atoms with Gasteiger partial charge >= 0.3 is 0 Å². The molecule has 164 valence electrons. The largest absolute Gasteiger partial charge is 0.489 e. The molecule has 2 amide bonds. The van der Waals surface area contributed by atoms with E-state index in [1.807, 2.05) is 30.3 Å². The number of rotatable bonds is 8. The molecule has 1 heterocycles. The maximum absolute atomic E-state index is 12.6. The van der Waals surface area contributed by atoms with Crippen LogP contribution in [-0.2, 0) is 6.61 Å². The zero-order chi connectivity index (χ0) is 23.0. The number of nitrogens with one attached hydrogen (secondary N) is 1. The van der Waals surface area contributed by atoms with E-state index in [4.69, 9.17) is 15.2 Å². The molecule has 0 atom stereocenters. The minimum Gasteiger partial charge on any atom is -0.489 e. The van der Waals surface area contributed by atoms with Crippen molar-refractivity contribution < 1.29 is 19.1 Å². The molecule has 0 aliphatic rings. The number of nitrogens with zero attached hydrogens (tertiary/aromatic N) is 1. The van der Waals surface area contributed by atoms with Crippen LogP contribution in [0.25, 0.3) is 0 Å². The Balaban J connectivity index is 1.36. The fourth-order valence-electron chi connectivity index (χ4n) is 3.02. The molecule has 0 bridgehead atoms. The minimum absolute atomic E-state index is 0.287. The Morgan fingerprint density at radius 1 is 0.818 bits per heavy atom. The Morgan fingerprint density at radius 3 is 2.27 bits per heavy atom. The summed E-state index contributed by atoms with van der Waals surface area (Å²) in [4.78, 5) is 28.1. The molecule has 0 spiro atoms. The third-order valence-electron chi connectivity index (χ3n) is 4.68. The fraction of sp³-hybridized carbons (Fsp3) is 0.0385. The molecule has 0 saturated carbocycles. The van der Waals surface area contributed by atoms with E-state index in [2.05, 4.69) is 10.3 Å². The van der Waals surface area contributed by atoms with Crippen molar-refractivity contribution in [1.82, 2.24) is 4.98 Å². The first-order valence-corrected chi connectivity index (χ1v) is 10.2. The second-order valence-electron chi connectivity index (χ2n) is 7.14. The standard InChI is InChI=1S/C26H21N3O4/c27-25(30)19-8-4-11-23(14-19)33-24-13-12-21(16-28-24)29-26(31)20-9-5-10-22(15-20)32-17-18-6-2-1-3-7-18/h1-16H,17H2,(H2,27,30)(H,29,31). The number of hydrogen-bond donors (Lipinski definition) is 2.